The number of carbonyl (C=O) groups is 1. The van der Waals surface area contributed by atoms with Crippen molar-refractivity contribution in [3.63, 3.8) is 0 Å². The maximum Gasteiger partial charge on any atom is 0.256 e. The van der Waals surface area contributed by atoms with Gasteiger partial charge in [0, 0.05) is 11.9 Å². The van der Waals surface area contributed by atoms with Gasteiger partial charge in [0.1, 0.15) is 0 Å². The Hall–Kier alpha value is -4.78. The van der Waals surface area contributed by atoms with Crippen LogP contribution in [-0.4, -0.2) is 30.5 Å². The molecule has 6 aromatic rings. The molecule has 0 aliphatic carbocycles. The molecule has 0 aliphatic rings. The fraction of sp³-hybridized carbons (Fsp3) is 0.103. The molecule has 0 saturated carbocycles. The molecule has 0 saturated heterocycles. The predicted octanol–water partition coefficient (Wildman–Crippen LogP) is 5.69. The van der Waals surface area contributed by atoms with Gasteiger partial charge in [-0.1, -0.05) is 60.7 Å². The Morgan fingerprint density at radius 2 is 1.72 bits per heavy atom. The van der Waals surface area contributed by atoms with Crippen LogP contribution >= 0.6 is 0 Å². The summed E-state index contributed by atoms with van der Waals surface area (Å²) in [5.41, 5.74) is 5.40. The monoisotopic (exact) mass is 472 g/mol. The van der Waals surface area contributed by atoms with Crippen molar-refractivity contribution in [3.8, 4) is 5.69 Å². The third-order valence-electron chi connectivity index (χ3n) is 6.29. The second-order valence-corrected chi connectivity index (χ2v) is 8.86. The van der Waals surface area contributed by atoms with Crippen LogP contribution in [0.3, 0.4) is 0 Å². The molecule has 0 fully saturated rings. The smallest absolute Gasteiger partial charge is 0.256 e. The van der Waals surface area contributed by atoms with Gasteiger partial charge in [0.15, 0.2) is 5.65 Å². The van der Waals surface area contributed by atoms with E-state index >= 15 is 0 Å². The van der Waals surface area contributed by atoms with Crippen molar-refractivity contribution in [3.05, 3.63) is 114 Å². The van der Waals surface area contributed by atoms with Gasteiger partial charge in [-0.2, -0.15) is 10.2 Å². The van der Waals surface area contributed by atoms with Crippen LogP contribution in [0.15, 0.2) is 91.3 Å². The highest BCUT2D eigenvalue weighted by Gasteiger charge is 2.20. The lowest BCUT2D eigenvalue weighted by Crippen LogP contribution is -2.13. The van der Waals surface area contributed by atoms with Gasteiger partial charge < -0.3 is 5.32 Å². The van der Waals surface area contributed by atoms with Crippen LogP contribution in [-0.2, 0) is 6.54 Å². The van der Waals surface area contributed by atoms with Crippen LogP contribution in [0, 0.1) is 13.8 Å². The summed E-state index contributed by atoms with van der Waals surface area (Å²) in [6, 6.07) is 26.2. The number of fused-ring (bicyclic) bond motifs is 2. The van der Waals surface area contributed by atoms with Crippen LogP contribution < -0.4 is 5.32 Å². The van der Waals surface area contributed by atoms with Crippen molar-refractivity contribution in [1.82, 2.24) is 24.5 Å². The molecule has 0 unspecified atom stereocenters. The van der Waals surface area contributed by atoms with Crippen molar-refractivity contribution in [2.75, 3.05) is 5.32 Å². The number of benzene rings is 3. The van der Waals surface area contributed by atoms with Crippen molar-refractivity contribution < 1.29 is 4.79 Å². The maximum absolute atomic E-state index is 13.4. The lowest BCUT2D eigenvalue weighted by molar-refractivity contribution is 0.102. The Balaban J connectivity index is 1.30. The Bertz CT molecular complexity index is 1730. The van der Waals surface area contributed by atoms with Gasteiger partial charge in [-0.15, -0.1) is 0 Å². The predicted molar refractivity (Wildman–Crippen MR) is 142 cm³/mol. The van der Waals surface area contributed by atoms with Crippen molar-refractivity contribution in [1.29, 1.82) is 0 Å². The third-order valence-corrected chi connectivity index (χ3v) is 6.29. The summed E-state index contributed by atoms with van der Waals surface area (Å²) >= 11 is 0. The molecule has 7 nitrogen and oxygen atoms in total. The zero-order valence-electron chi connectivity index (χ0n) is 20.0. The largest absolute Gasteiger partial charge is 0.319 e. The second-order valence-electron chi connectivity index (χ2n) is 8.86. The van der Waals surface area contributed by atoms with E-state index in [1.54, 1.807) is 10.9 Å². The molecule has 0 spiro atoms. The molecule has 7 heteroatoms. The van der Waals surface area contributed by atoms with Crippen molar-refractivity contribution >= 4 is 33.4 Å². The van der Waals surface area contributed by atoms with Gasteiger partial charge in [0.2, 0.25) is 0 Å². The van der Waals surface area contributed by atoms with Crippen LogP contribution in [0.5, 0.6) is 0 Å². The van der Waals surface area contributed by atoms with Crippen LogP contribution in [0.25, 0.3) is 27.5 Å². The number of aromatic nitrogens is 5. The van der Waals surface area contributed by atoms with Gasteiger partial charge >= 0.3 is 0 Å². The lowest BCUT2D eigenvalue weighted by atomic mass is 10.0. The highest BCUT2D eigenvalue weighted by atomic mass is 16.1. The molecule has 0 radical (unpaired) electrons. The van der Waals surface area contributed by atoms with E-state index in [2.05, 4.69) is 45.8 Å². The van der Waals surface area contributed by atoms with Crippen molar-refractivity contribution in [2.45, 2.75) is 20.4 Å². The van der Waals surface area contributed by atoms with E-state index < -0.39 is 0 Å². The lowest BCUT2D eigenvalue weighted by Gasteiger charge is -2.08. The van der Waals surface area contributed by atoms with Gasteiger partial charge in [0.05, 0.1) is 40.8 Å². The minimum Gasteiger partial charge on any atom is -0.319 e. The number of rotatable bonds is 5. The fourth-order valence-electron chi connectivity index (χ4n) is 4.66. The first kappa shape index (κ1) is 21.7. The molecular formula is C29H24N6O. The first-order valence-electron chi connectivity index (χ1n) is 11.8. The van der Waals surface area contributed by atoms with Crippen LogP contribution in [0.1, 0.15) is 27.3 Å². The highest BCUT2D eigenvalue weighted by molar-refractivity contribution is 6.12. The molecular weight excluding hydrogens is 448 g/mol. The second kappa shape index (κ2) is 8.78. The Labute approximate surface area is 208 Å². The average Bonchev–Trinajstić information content (AvgIpc) is 3.47. The number of aryl methyl sites for hydroxylation is 2. The number of nitrogens with zero attached hydrogens (tertiary/aromatic N) is 5. The van der Waals surface area contributed by atoms with Gasteiger partial charge in [-0.3, -0.25) is 9.48 Å². The minimum atomic E-state index is -0.217. The van der Waals surface area contributed by atoms with E-state index in [1.165, 1.54) is 16.3 Å². The number of anilines is 1. The van der Waals surface area contributed by atoms with Gasteiger partial charge in [-0.05, 0) is 48.4 Å². The number of hydrogen-bond donors (Lipinski definition) is 1. The van der Waals surface area contributed by atoms with E-state index in [0.717, 1.165) is 22.5 Å². The number of amides is 1. The summed E-state index contributed by atoms with van der Waals surface area (Å²) in [4.78, 5) is 18.1. The summed E-state index contributed by atoms with van der Waals surface area (Å²) in [5.74, 6) is -0.217. The molecule has 3 heterocycles. The summed E-state index contributed by atoms with van der Waals surface area (Å²) in [6.45, 7) is 4.40. The van der Waals surface area contributed by atoms with E-state index in [0.29, 0.717) is 23.4 Å². The summed E-state index contributed by atoms with van der Waals surface area (Å²) in [7, 11) is 0. The normalized spacial score (nSPS) is 11.3. The van der Waals surface area contributed by atoms with E-state index in [9.17, 15) is 4.79 Å². The molecule has 3 aromatic heterocycles. The molecule has 1 amide bonds. The molecule has 0 bridgehead atoms. The molecule has 1 N–H and O–H groups in total. The zero-order chi connectivity index (χ0) is 24.6. The van der Waals surface area contributed by atoms with Crippen LogP contribution in [0.2, 0.25) is 0 Å². The Morgan fingerprint density at radius 1 is 0.944 bits per heavy atom. The Morgan fingerprint density at radius 3 is 2.58 bits per heavy atom. The molecule has 0 atom stereocenters. The number of para-hydroxylation sites is 1. The van der Waals surface area contributed by atoms with Gasteiger partial charge in [-0.25, -0.2) is 9.67 Å². The molecule has 3 aromatic carbocycles. The molecule has 176 valence electrons. The highest BCUT2D eigenvalue weighted by Crippen LogP contribution is 2.26. The number of hydrogen-bond acceptors (Lipinski definition) is 4. The zero-order valence-corrected chi connectivity index (χ0v) is 20.0. The maximum atomic E-state index is 13.4. The fourth-order valence-corrected chi connectivity index (χ4v) is 4.66. The summed E-state index contributed by atoms with van der Waals surface area (Å²) in [6.07, 6.45) is 3.53. The SMILES string of the molecule is Cc1cc(C(=O)Nc2cnn(Cc3cccc4ccccc34)c2)c2c(C)nn(-c3ccccc3)c2n1. The minimum absolute atomic E-state index is 0.217. The topological polar surface area (TPSA) is 77.6 Å². The number of pyridine rings is 1. The molecule has 36 heavy (non-hydrogen) atoms. The first-order chi connectivity index (χ1) is 17.6. The first-order valence-corrected chi connectivity index (χ1v) is 11.8. The standard InChI is InChI=1S/C29H24N6O/c1-19-15-26(27-20(2)33-35(28(27)31-19)24-12-4-3-5-13-24)29(36)32-23-16-30-34(18-23)17-22-11-8-10-21-9-6-7-14-25(21)22/h3-16,18H,17H2,1-2H3,(H,32,36). The molecule has 6 rings (SSSR count). The van der Waals surface area contributed by atoms with E-state index in [4.69, 9.17) is 4.98 Å². The molecule has 0 aliphatic heterocycles. The average molecular weight is 473 g/mol. The summed E-state index contributed by atoms with van der Waals surface area (Å²) in [5, 5.41) is 15.3. The Kier molecular flexibility index (Phi) is 5.30. The van der Waals surface area contributed by atoms with Crippen molar-refractivity contribution in [2.24, 2.45) is 0 Å². The third kappa shape index (κ3) is 3.90. The van der Waals surface area contributed by atoms with Gasteiger partial charge in [0.25, 0.3) is 5.91 Å². The number of carbonyl (C=O) groups excluding carboxylic acids is 1. The number of nitrogens with one attached hydrogen (secondary N) is 1. The van der Waals surface area contributed by atoms with E-state index in [1.807, 2.05) is 73.3 Å². The van der Waals surface area contributed by atoms with E-state index in [-0.39, 0.29) is 5.91 Å². The van der Waals surface area contributed by atoms with Crippen LogP contribution in [0.4, 0.5) is 5.69 Å². The quantitative estimate of drug-likeness (QED) is 0.350. The summed E-state index contributed by atoms with van der Waals surface area (Å²) < 4.78 is 3.63.